The van der Waals surface area contributed by atoms with Crippen LogP contribution in [0.3, 0.4) is 0 Å². The maximum atomic E-state index is 12.6. The molecule has 0 aliphatic carbocycles. The lowest BCUT2D eigenvalue weighted by molar-refractivity contribution is -0.384. The zero-order valence-corrected chi connectivity index (χ0v) is 27.6. The number of hydrogen-bond acceptors (Lipinski definition) is 10. The van der Waals surface area contributed by atoms with Crippen LogP contribution in [0, 0.1) is 10.1 Å². The van der Waals surface area contributed by atoms with Gasteiger partial charge in [0.05, 0.1) is 46.0 Å². The zero-order valence-electron chi connectivity index (χ0n) is 25.3. The molecule has 1 atom stereocenters. The number of nitrogens with one attached hydrogen (secondary N) is 3. The van der Waals surface area contributed by atoms with Crippen LogP contribution in [0.5, 0.6) is 17.2 Å². The molecule has 0 spiro atoms. The fourth-order valence-electron chi connectivity index (χ4n) is 4.42. The van der Waals surface area contributed by atoms with Gasteiger partial charge in [-0.15, -0.1) is 0 Å². The molecule has 246 valence electrons. The molecule has 0 aromatic heterocycles. The predicted octanol–water partition coefficient (Wildman–Crippen LogP) is 5.32. The predicted molar refractivity (Wildman–Crippen MR) is 175 cm³/mol. The molecule has 3 amide bonds. The van der Waals surface area contributed by atoms with Gasteiger partial charge in [0.15, 0.2) is 23.9 Å². The number of nitro groups is 1. The highest BCUT2D eigenvalue weighted by Gasteiger charge is 2.32. The number of nitro benzene ring substituents is 1. The molecule has 0 unspecified atom stereocenters. The van der Waals surface area contributed by atoms with Gasteiger partial charge in [-0.3, -0.25) is 14.9 Å². The maximum Gasteiger partial charge on any atom is 0.338 e. The van der Waals surface area contributed by atoms with Crippen LogP contribution in [0.15, 0.2) is 75.4 Å². The summed E-state index contributed by atoms with van der Waals surface area (Å²) in [7, 11) is 1.42. The lowest BCUT2D eigenvalue weighted by Gasteiger charge is -2.28. The van der Waals surface area contributed by atoms with Gasteiger partial charge in [-0.1, -0.05) is 17.7 Å². The summed E-state index contributed by atoms with van der Waals surface area (Å²) in [5, 5.41) is 20.3. The standard InChI is InChI=1S/C31H29BrClN5O9/c1-4-45-30(40)27-17(2)35-31(41)36-28(27)20-7-10-24(25(13-20)44-3)46-16-26(39)37-34-14-19-11-22(32)29(23(33)12-19)47-15-18-5-8-21(9-6-18)38(42)43/h5-14,28H,4,15-16H2,1-3H3,(H,37,39)(H2,35,36,41)/b34-14-/t28-/m0/s1. The van der Waals surface area contributed by atoms with Crippen LogP contribution < -0.4 is 30.3 Å². The minimum atomic E-state index is -0.799. The van der Waals surface area contributed by atoms with Crippen LogP contribution in [0.25, 0.3) is 0 Å². The first-order chi connectivity index (χ1) is 22.5. The molecule has 16 heteroatoms. The first kappa shape index (κ1) is 34.7. The van der Waals surface area contributed by atoms with E-state index in [1.54, 1.807) is 56.3 Å². The van der Waals surface area contributed by atoms with Crippen molar-refractivity contribution in [2.24, 2.45) is 5.10 Å². The average molecular weight is 731 g/mol. The fourth-order valence-corrected chi connectivity index (χ4v) is 5.41. The summed E-state index contributed by atoms with van der Waals surface area (Å²) in [4.78, 5) is 47.6. The van der Waals surface area contributed by atoms with E-state index in [0.717, 1.165) is 0 Å². The van der Waals surface area contributed by atoms with E-state index in [4.69, 9.17) is 30.5 Å². The van der Waals surface area contributed by atoms with E-state index in [2.05, 4.69) is 37.1 Å². The van der Waals surface area contributed by atoms with E-state index in [1.807, 2.05) is 0 Å². The van der Waals surface area contributed by atoms with Crippen LogP contribution in [0.4, 0.5) is 10.5 Å². The molecule has 14 nitrogen and oxygen atoms in total. The van der Waals surface area contributed by atoms with Gasteiger partial charge < -0.3 is 29.6 Å². The largest absolute Gasteiger partial charge is 0.493 e. The van der Waals surface area contributed by atoms with Gasteiger partial charge >= 0.3 is 12.0 Å². The van der Waals surface area contributed by atoms with Gasteiger partial charge in [-0.25, -0.2) is 15.0 Å². The van der Waals surface area contributed by atoms with Crippen LogP contribution in [-0.4, -0.2) is 49.4 Å². The van der Waals surface area contributed by atoms with Gasteiger partial charge in [0.1, 0.15) is 6.61 Å². The number of hydrazone groups is 1. The topological polar surface area (TPSA) is 180 Å². The number of hydrogen-bond donors (Lipinski definition) is 3. The number of methoxy groups -OCH3 is 1. The molecule has 47 heavy (non-hydrogen) atoms. The van der Waals surface area contributed by atoms with Crippen molar-refractivity contribution >= 4 is 57.3 Å². The Kier molecular flexibility index (Phi) is 11.8. The van der Waals surface area contributed by atoms with Crippen LogP contribution in [0.1, 0.15) is 36.6 Å². The van der Waals surface area contributed by atoms with Crippen molar-refractivity contribution in [2.75, 3.05) is 20.3 Å². The first-order valence-corrected chi connectivity index (χ1v) is 15.1. The molecule has 0 fully saturated rings. The Morgan fingerprint density at radius 1 is 1.13 bits per heavy atom. The van der Waals surface area contributed by atoms with Gasteiger partial charge in [0.2, 0.25) is 0 Å². The van der Waals surface area contributed by atoms with Crippen molar-refractivity contribution < 1.29 is 38.3 Å². The Bertz CT molecular complexity index is 1720. The van der Waals surface area contributed by atoms with E-state index >= 15 is 0 Å². The second-order valence-electron chi connectivity index (χ2n) is 9.81. The van der Waals surface area contributed by atoms with Crippen molar-refractivity contribution in [3.05, 3.63) is 102 Å². The summed E-state index contributed by atoms with van der Waals surface area (Å²) in [6.07, 6.45) is 1.38. The fraction of sp³-hybridized carbons (Fsp3) is 0.226. The molecular formula is C31H29BrClN5O9. The lowest BCUT2D eigenvalue weighted by Crippen LogP contribution is -2.45. The number of benzene rings is 3. The normalized spacial score (nSPS) is 14.2. The Morgan fingerprint density at radius 3 is 2.53 bits per heavy atom. The zero-order chi connectivity index (χ0) is 34.1. The molecule has 0 bridgehead atoms. The van der Waals surface area contributed by atoms with Crippen LogP contribution >= 0.6 is 27.5 Å². The van der Waals surface area contributed by atoms with Gasteiger partial charge in [-0.05, 0) is 82.9 Å². The number of urea groups is 1. The molecule has 1 aliphatic rings. The van der Waals surface area contributed by atoms with Crippen molar-refractivity contribution in [1.29, 1.82) is 0 Å². The SMILES string of the molecule is CCOC(=O)C1=C(C)NC(=O)N[C@H]1c1ccc(OCC(=O)N/N=C\c2cc(Cl)c(OCc3ccc([N+](=O)[O-])cc3)c(Br)c2)c(OC)c1. The second kappa shape index (κ2) is 15.9. The van der Waals surface area contributed by atoms with E-state index < -0.39 is 35.5 Å². The highest BCUT2D eigenvalue weighted by atomic mass is 79.9. The van der Waals surface area contributed by atoms with Gasteiger partial charge in [-0.2, -0.15) is 5.10 Å². The molecule has 3 aromatic carbocycles. The quantitative estimate of drug-likeness (QED) is 0.0909. The van der Waals surface area contributed by atoms with E-state index in [-0.39, 0.29) is 41.0 Å². The molecule has 1 aliphatic heterocycles. The molecule has 1 heterocycles. The Labute approximate surface area is 282 Å². The summed E-state index contributed by atoms with van der Waals surface area (Å²) in [6, 6.07) is 12.8. The average Bonchev–Trinajstić information content (AvgIpc) is 3.03. The number of carbonyl (C=O) groups excluding carboxylic acids is 3. The summed E-state index contributed by atoms with van der Waals surface area (Å²) in [5.74, 6) is -0.255. The smallest absolute Gasteiger partial charge is 0.338 e. The summed E-state index contributed by atoms with van der Waals surface area (Å²) in [5.41, 5.74) is 4.77. The number of halogens is 2. The third kappa shape index (κ3) is 8.98. The summed E-state index contributed by atoms with van der Waals surface area (Å²) in [6.45, 7) is 3.19. The summed E-state index contributed by atoms with van der Waals surface area (Å²) >= 11 is 9.81. The monoisotopic (exact) mass is 729 g/mol. The molecule has 0 saturated heterocycles. The Hall–Kier alpha value is -5.15. The Morgan fingerprint density at radius 2 is 1.87 bits per heavy atom. The first-order valence-electron chi connectivity index (χ1n) is 13.9. The number of allylic oxidation sites excluding steroid dienone is 1. The second-order valence-corrected chi connectivity index (χ2v) is 11.1. The molecule has 0 radical (unpaired) electrons. The van der Waals surface area contributed by atoms with Gasteiger partial charge in [0, 0.05) is 17.8 Å². The molecule has 3 aromatic rings. The number of amides is 3. The highest BCUT2D eigenvalue weighted by Crippen LogP contribution is 2.36. The van der Waals surface area contributed by atoms with Crippen molar-refractivity contribution in [3.8, 4) is 17.2 Å². The lowest BCUT2D eigenvalue weighted by atomic mass is 9.95. The Balaban J connectivity index is 1.34. The van der Waals surface area contributed by atoms with Crippen LogP contribution in [0.2, 0.25) is 5.02 Å². The minimum Gasteiger partial charge on any atom is -0.493 e. The number of carbonyl (C=O) groups is 3. The minimum absolute atomic E-state index is 0.0194. The van der Waals surface area contributed by atoms with Crippen molar-refractivity contribution in [2.45, 2.75) is 26.5 Å². The molecule has 0 saturated carbocycles. The number of ether oxygens (including phenoxy) is 4. The molecule has 3 N–H and O–H groups in total. The number of esters is 1. The van der Waals surface area contributed by atoms with E-state index in [9.17, 15) is 24.5 Å². The van der Waals surface area contributed by atoms with Gasteiger partial charge in [0.25, 0.3) is 11.6 Å². The summed E-state index contributed by atoms with van der Waals surface area (Å²) < 4.78 is 22.5. The van der Waals surface area contributed by atoms with E-state index in [0.29, 0.717) is 32.6 Å². The van der Waals surface area contributed by atoms with Crippen LogP contribution in [-0.2, 0) is 20.9 Å². The molecule has 4 rings (SSSR count). The number of non-ortho nitro benzene ring substituents is 1. The third-order valence-electron chi connectivity index (χ3n) is 6.60. The third-order valence-corrected chi connectivity index (χ3v) is 7.47. The van der Waals surface area contributed by atoms with E-state index in [1.165, 1.54) is 25.5 Å². The highest BCUT2D eigenvalue weighted by molar-refractivity contribution is 9.10. The number of rotatable bonds is 13. The van der Waals surface area contributed by atoms with Crippen molar-refractivity contribution in [3.63, 3.8) is 0 Å². The van der Waals surface area contributed by atoms with Crippen molar-refractivity contribution in [1.82, 2.24) is 16.1 Å². The molecular weight excluding hydrogens is 702 g/mol. The maximum absolute atomic E-state index is 12.6. The number of nitrogens with zero attached hydrogens (tertiary/aromatic N) is 2.